The van der Waals surface area contributed by atoms with Crippen molar-refractivity contribution in [3.05, 3.63) is 111 Å². The van der Waals surface area contributed by atoms with Crippen LogP contribution in [-0.2, 0) is 35.3 Å². The number of amides is 6. The summed E-state index contributed by atoms with van der Waals surface area (Å²) in [6.07, 6.45) is -0.196. The van der Waals surface area contributed by atoms with Crippen LogP contribution in [-0.4, -0.2) is 125 Å². The molecule has 0 aliphatic carbocycles. The number of thiazole rings is 6. The van der Waals surface area contributed by atoms with Gasteiger partial charge in [0.2, 0.25) is 17.7 Å². The number of carboxylic acids is 2. The van der Waals surface area contributed by atoms with E-state index in [0.717, 1.165) is 34.0 Å². The number of rotatable bonds is 19. The minimum absolute atomic E-state index is 0.00587. The summed E-state index contributed by atoms with van der Waals surface area (Å²) in [5, 5.41) is 53.4. The Bertz CT molecular complexity index is 3890. The van der Waals surface area contributed by atoms with Crippen LogP contribution in [0.2, 0.25) is 0 Å². The van der Waals surface area contributed by atoms with Crippen LogP contribution >= 0.6 is 68.0 Å². The molecule has 0 unspecified atom stereocenters. The van der Waals surface area contributed by atoms with Gasteiger partial charge < -0.3 is 46.6 Å². The van der Waals surface area contributed by atoms with Crippen LogP contribution in [0.4, 0.5) is 5.82 Å². The normalized spacial score (nSPS) is 16.0. The number of carbonyl (C=O) groups is 8. The molecule has 89 heavy (non-hydrogen) atoms. The second-order valence-electron chi connectivity index (χ2n) is 20.6. The third-order valence-corrected chi connectivity index (χ3v) is 19.6. The van der Waals surface area contributed by atoms with Crippen molar-refractivity contribution in [1.29, 1.82) is 0 Å². The molecule has 1 aliphatic heterocycles. The van der Waals surface area contributed by atoms with Crippen LogP contribution in [0.15, 0.2) is 64.0 Å². The lowest BCUT2D eigenvalue weighted by Gasteiger charge is -2.23. The number of benzene rings is 1. The van der Waals surface area contributed by atoms with E-state index in [4.69, 9.17) is 39.7 Å². The lowest BCUT2D eigenvalue weighted by Crippen LogP contribution is -2.40. The minimum atomic E-state index is -1.30. The lowest BCUT2D eigenvalue weighted by molar-refractivity contribution is -0.138. The van der Waals surface area contributed by atoms with Crippen LogP contribution in [0, 0.1) is 12.8 Å². The Hall–Kier alpha value is -8.17. The number of nitrogens with zero attached hydrogens (tertiary/aromatic N) is 8. The summed E-state index contributed by atoms with van der Waals surface area (Å²) < 4.78 is 5.45. The second kappa shape index (κ2) is 29.9. The predicted octanol–water partition coefficient (Wildman–Crippen LogP) is 8.54. The van der Waals surface area contributed by atoms with E-state index >= 15 is 0 Å². The summed E-state index contributed by atoms with van der Waals surface area (Å²) in [6, 6.07) is 9.29. The molecule has 466 valence electrons. The van der Waals surface area contributed by atoms with Gasteiger partial charge in [0.25, 0.3) is 17.7 Å². The van der Waals surface area contributed by atoms with E-state index in [1.807, 2.05) is 13.8 Å². The van der Waals surface area contributed by atoms with Crippen molar-refractivity contribution in [2.45, 2.75) is 103 Å². The Morgan fingerprint density at radius 2 is 1.35 bits per heavy atom. The maximum atomic E-state index is 14.4. The van der Waals surface area contributed by atoms with Gasteiger partial charge in [-0.2, -0.15) is 0 Å². The number of unbranched alkanes of at least 4 members (excludes halogenated alkanes) is 2. The van der Waals surface area contributed by atoms with Crippen LogP contribution in [0.1, 0.15) is 151 Å². The molecular formula is C58H61N13O12S6. The van der Waals surface area contributed by atoms with Crippen molar-refractivity contribution in [2.24, 2.45) is 5.92 Å². The van der Waals surface area contributed by atoms with Gasteiger partial charge >= 0.3 is 11.9 Å². The number of aliphatic hydroxyl groups is 1. The number of carboxylic acid groups (broad SMARTS) is 2. The van der Waals surface area contributed by atoms with E-state index in [0.29, 0.717) is 88.0 Å². The molecular weight excluding hydrogens is 1260 g/mol. The third kappa shape index (κ3) is 16.2. The number of aliphatic hydroxyl groups excluding tert-OH is 1. The van der Waals surface area contributed by atoms with Crippen molar-refractivity contribution in [3.8, 4) is 43.4 Å². The quantitative estimate of drug-likeness (QED) is 0.0351. The summed E-state index contributed by atoms with van der Waals surface area (Å²) in [6.45, 7) is 4.96. The highest BCUT2D eigenvalue weighted by molar-refractivity contribution is 7.15. The maximum Gasteiger partial charge on any atom is 0.303 e. The number of ether oxygens (including phenoxy) is 1. The average Bonchev–Trinajstić information content (AvgIpc) is 2.89. The van der Waals surface area contributed by atoms with Gasteiger partial charge in [-0.1, -0.05) is 50.6 Å². The Kier molecular flexibility index (Phi) is 21.9. The molecule has 0 spiro atoms. The zero-order valence-electron chi connectivity index (χ0n) is 48.6. The van der Waals surface area contributed by atoms with Gasteiger partial charge in [-0.05, 0) is 49.8 Å². The molecule has 8 N–H and O–H groups in total. The van der Waals surface area contributed by atoms with Gasteiger partial charge in [0, 0.05) is 71.9 Å². The highest BCUT2D eigenvalue weighted by Gasteiger charge is 2.33. The van der Waals surface area contributed by atoms with Crippen molar-refractivity contribution in [3.63, 3.8) is 0 Å². The van der Waals surface area contributed by atoms with Crippen molar-refractivity contribution in [2.75, 3.05) is 32.1 Å². The smallest absolute Gasteiger partial charge is 0.303 e. The monoisotopic (exact) mass is 1320 g/mol. The number of nitrogens with one attached hydrogen (secondary N) is 5. The number of pyridine rings is 1. The molecule has 1 aliphatic rings. The molecule has 25 nitrogen and oxygen atoms in total. The van der Waals surface area contributed by atoms with E-state index in [9.17, 15) is 48.6 Å². The van der Waals surface area contributed by atoms with Crippen LogP contribution in [0.25, 0.3) is 43.4 Å². The molecule has 0 saturated carbocycles. The number of carbonyl (C=O) groups excluding carboxylic acids is 6. The number of fused-ring (bicyclic) bond motifs is 14. The maximum absolute atomic E-state index is 14.4. The Morgan fingerprint density at radius 1 is 0.663 bits per heavy atom. The number of aliphatic carboxylic acids is 2. The van der Waals surface area contributed by atoms with Crippen molar-refractivity contribution in [1.82, 2.24) is 61.5 Å². The fourth-order valence-electron chi connectivity index (χ4n) is 9.32. The zero-order chi connectivity index (χ0) is 63.5. The zero-order valence-corrected chi connectivity index (χ0v) is 53.5. The van der Waals surface area contributed by atoms with Crippen molar-refractivity contribution >= 4 is 121 Å². The Morgan fingerprint density at radius 3 is 2.09 bits per heavy atom. The Balaban J connectivity index is 1.12. The molecule has 4 atom stereocenters. The topological polar surface area (TPSA) is 360 Å². The standard InChI is InChI=1S/C58H61N13O12S6/c1-28(2)44-58-70-47(37(89-58)23-83-5)51(81)60-22-40(73)67-48(49(79)30-13-8-6-9-14-30)57-65-36(26-86-57)55-63-34(24-85-55)46-31(53-64-35(25-84-53)50(80)62-33(21-39(72)59-4)56-69-45(29(3)88-56)52(82)68-44)18-19-32(61-46)54-66-38(27-87-54)71(20-12-17-43(77)78)41(74)15-10-7-11-16-42(75)76/h6,8-9,13-14,18-19,24-28,33,44,48-49,79H,7,10-12,15-17,20-23H2,1-5H3,(H,59,72)(H,60,81)(H,62,80)(H,67,73)(H,68,82)(H,75,76)(H,77,78)/t33-,44-,48-,49-/m0/s1. The molecule has 9 rings (SSSR count). The SMILES string of the molecule is CNC(=O)C[C@@H]1NC(=O)c2csc(n2)-c2ccc(-c3nc(N(CCCC(=O)O)C(=O)CCCCCC(=O)O)cs3)nc2-c2csc(n2)-c2csc(n2)[C@H]([C@@H](O)c2ccccc2)NC(=O)CNC(=O)c2nc(sc2COC)[C@H](C(C)C)NC(=O)c2nc1sc2C. The van der Waals surface area contributed by atoms with Crippen molar-refractivity contribution < 1.29 is 58.4 Å². The molecule has 0 saturated heterocycles. The number of anilines is 1. The number of aryl methyl sites for hydroxylation is 1. The average molecular weight is 1320 g/mol. The summed E-state index contributed by atoms with van der Waals surface area (Å²) in [5.41, 5.74) is 2.40. The van der Waals surface area contributed by atoms with Crippen LogP contribution in [0.3, 0.4) is 0 Å². The third-order valence-electron chi connectivity index (χ3n) is 13.9. The number of aromatic nitrogens is 7. The predicted molar refractivity (Wildman–Crippen MR) is 337 cm³/mol. The van der Waals surface area contributed by atoms with Gasteiger partial charge in [-0.25, -0.2) is 34.9 Å². The molecule has 8 heterocycles. The summed E-state index contributed by atoms with van der Waals surface area (Å²) >= 11 is 7.03. The second-order valence-corrected chi connectivity index (χ2v) is 26.5. The minimum Gasteiger partial charge on any atom is -0.481 e. The molecule has 10 bridgehead atoms. The molecule has 6 amide bonds. The first kappa shape index (κ1) is 65.3. The molecule has 0 radical (unpaired) electrons. The molecule has 31 heteroatoms. The largest absolute Gasteiger partial charge is 0.481 e. The highest BCUT2D eigenvalue weighted by Crippen LogP contribution is 2.40. The van der Waals surface area contributed by atoms with E-state index in [2.05, 4.69) is 31.6 Å². The Labute approximate surface area is 533 Å². The fraction of sp³-hybridized carbons (Fsp3) is 0.362. The molecule has 1 aromatic carbocycles. The van der Waals surface area contributed by atoms with Crippen LogP contribution < -0.4 is 31.5 Å². The number of hydrogen-bond donors (Lipinski definition) is 8. The molecule has 8 aromatic rings. The first-order valence-electron chi connectivity index (χ1n) is 28.0. The summed E-state index contributed by atoms with van der Waals surface area (Å²) in [4.78, 5) is 142. The summed E-state index contributed by atoms with van der Waals surface area (Å²) in [7, 11) is 2.92. The first-order valence-corrected chi connectivity index (χ1v) is 33.1. The highest BCUT2D eigenvalue weighted by atomic mass is 32.1. The van der Waals surface area contributed by atoms with E-state index in [1.165, 1.54) is 53.1 Å². The first-order chi connectivity index (χ1) is 42.8. The van der Waals surface area contributed by atoms with E-state index in [-0.39, 0.29) is 85.0 Å². The van der Waals surface area contributed by atoms with Crippen LogP contribution in [0.5, 0.6) is 0 Å². The van der Waals surface area contributed by atoms with Gasteiger partial charge in [0.05, 0.1) is 42.2 Å². The number of hydrogen-bond acceptors (Lipinski definition) is 23. The molecule has 0 fully saturated rings. The van der Waals surface area contributed by atoms with E-state index < -0.39 is 72.2 Å². The lowest BCUT2D eigenvalue weighted by atomic mass is 10.0. The van der Waals surface area contributed by atoms with E-state index in [1.54, 1.807) is 70.9 Å². The fourth-order valence-corrected chi connectivity index (χ4v) is 14.9. The summed E-state index contributed by atoms with van der Waals surface area (Å²) in [5.74, 6) is -5.22. The van der Waals surface area contributed by atoms with Gasteiger partial charge in [-0.15, -0.1) is 68.0 Å². The number of methoxy groups -OCH3 is 1. The van der Waals surface area contributed by atoms with Gasteiger partial charge in [-0.3, -0.25) is 43.3 Å². The molecule has 7 aromatic heterocycles. The van der Waals surface area contributed by atoms with Gasteiger partial charge in [0.15, 0.2) is 0 Å². The van der Waals surface area contributed by atoms with Gasteiger partial charge in [0.1, 0.15) is 82.2 Å².